The van der Waals surface area contributed by atoms with Crippen LogP contribution in [0.25, 0.3) is 0 Å². The summed E-state index contributed by atoms with van der Waals surface area (Å²) in [6.45, 7) is 16.9. The van der Waals surface area contributed by atoms with Gasteiger partial charge in [-0.1, -0.05) is 62.4 Å². The molecule has 1 heterocycles. The lowest BCUT2D eigenvalue weighted by Crippen LogP contribution is -2.81. The standard InChI is InChI=1S/C50H63NO17/c1-26-31(64-42(58)37(63-27(2)52)35(29-19-15-13-16-20-29)51(43(59)67-45(4,5)6)44(60)68-46(7,8)9)24-50(61)40(65-41(57)30-21-17-14-18-22-30)38-48(12,39(56)36(55)34(26)47(50,10)11)32(54)23-33-49(38,25-62-33)66-28(3)53/h13-22,31-33,35-38,40,54-55,61H,23-25H2,1-12H3/t31-,32-,33+,35+,36+,37+,38?,40-,48+,49-,50+/m0/s1. The molecule has 4 aliphatic rings. The Morgan fingerprint density at radius 1 is 0.809 bits per heavy atom. The third-order valence-electron chi connectivity index (χ3n) is 13.6. The predicted molar refractivity (Wildman–Crippen MR) is 238 cm³/mol. The summed E-state index contributed by atoms with van der Waals surface area (Å²) < 4.78 is 41.5. The van der Waals surface area contributed by atoms with Gasteiger partial charge in [0.25, 0.3) is 0 Å². The molecule has 370 valence electrons. The van der Waals surface area contributed by atoms with Crippen molar-refractivity contribution in [3.8, 4) is 0 Å². The first kappa shape index (κ1) is 51.7. The second-order valence-electron chi connectivity index (χ2n) is 20.8. The lowest BCUT2D eigenvalue weighted by atomic mass is 9.44. The molecule has 2 aromatic rings. The molecule has 0 radical (unpaired) electrons. The van der Waals surface area contributed by atoms with E-state index in [1.165, 1.54) is 52.0 Å². The van der Waals surface area contributed by atoms with Gasteiger partial charge in [0.15, 0.2) is 11.4 Å². The van der Waals surface area contributed by atoms with Crippen LogP contribution in [0, 0.1) is 16.7 Å². The van der Waals surface area contributed by atoms with E-state index >= 15 is 9.59 Å². The summed E-state index contributed by atoms with van der Waals surface area (Å²) in [5.41, 5.74) is -10.5. The predicted octanol–water partition coefficient (Wildman–Crippen LogP) is 5.48. The number of aliphatic hydroxyl groups is 3. The Kier molecular flexibility index (Phi) is 13.9. The number of amides is 2. The van der Waals surface area contributed by atoms with Crippen LogP contribution in [-0.4, -0.2) is 128 Å². The summed E-state index contributed by atoms with van der Waals surface area (Å²) in [6, 6.07) is 13.6. The Morgan fingerprint density at radius 2 is 1.35 bits per heavy atom. The second kappa shape index (κ2) is 18.3. The summed E-state index contributed by atoms with van der Waals surface area (Å²) >= 11 is 0. The van der Waals surface area contributed by atoms with Gasteiger partial charge in [-0.15, -0.1) is 0 Å². The van der Waals surface area contributed by atoms with E-state index < -0.39 is 130 Å². The third kappa shape index (κ3) is 9.27. The number of hydrogen-bond acceptors (Lipinski definition) is 17. The molecule has 2 bridgehead atoms. The van der Waals surface area contributed by atoms with E-state index in [0.717, 1.165) is 13.8 Å². The maximum absolute atomic E-state index is 15.2. The number of ketones is 1. The van der Waals surface area contributed by atoms with Crippen LogP contribution >= 0.6 is 0 Å². The van der Waals surface area contributed by atoms with Crippen LogP contribution in [0.3, 0.4) is 0 Å². The average molecular weight is 950 g/mol. The quantitative estimate of drug-likeness (QED) is 0.160. The average Bonchev–Trinajstić information content (AvgIpc) is 3.22. The van der Waals surface area contributed by atoms with Gasteiger partial charge >= 0.3 is 36.1 Å². The maximum Gasteiger partial charge on any atom is 0.420 e. The second-order valence-corrected chi connectivity index (χ2v) is 20.8. The number of ether oxygens (including phenoxy) is 7. The van der Waals surface area contributed by atoms with Crippen molar-refractivity contribution >= 4 is 41.8 Å². The Hall–Kier alpha value is -5.69. The number of carbonyl (C=O) groups excluding carboxylic acids is 7. The largest absolute Gasteiger partial charge is 0.455 e. The van der Waals surface area contributed by atoms with Crippen LogP contribution in [0.1, 0.15) is 118 Å². The SMILES string of the molecule is CC(=O)O[C@@H](C(=O)O[C@H]1C[C@@]2(O)[C@@H](OC(=O)c3ccccc3)C3[C@](C)(C(=O)[C@H](O)C(=C1C)C2(C)C)[C@@H](O)C[C@H]1OC[C@@]31OC(C)=O)[C@@H](c1ccccc1)N(C(=O)OC(C)(C)C)C(=O)OC(C)(C)C. The lowest BCUT2D eigenvalue weighted by Gasteiger charge is -2.67. The highest BCUT2D eigenvalue weighted by Crippen LogP contribution is 2.64. The molecule has 0 spiro atoms. The van der Waals surface area contributed by atoms with Crippen LogP contribution in [0.4, 0.5) is 9.59 Å². The number of Topliss-reactive ketones (excluding diaryl/α,β-unsaturated/α-hetero) is 1. The maximum atomic E-state index is 15.2. The number of nitrogens with zero attached hydrogens (tertiary/aromatic N) is 1. The number of imide groups is 1. The highest BCUT2D eigenvalue weighted by atomic mass is 16.6. The lowest BCUT2D eigenvalue weighted by molar-refractivity contribution is -0.346. The van der Waals surface area contributed by atoms with Gasteiger partial charge in [0.05, 0.1) is 29.6 Å². The summed E-state index contributed by atoms with van der Waals surface area (Å²) in [7, 11) is 0. The molecule has 1 saturated heterocycles. The molecule has 18 nitrogen and oxygen atoms in total. The van der Waals surface area contributed by atoms with E-state index in [9.17, 15) is 39.3 Å². The highest BCUT2D eigenvalue weighted by Gasteiger charge is 2.78. The first-order chi connectivity index (χ1) is 31.4. The topological polar surface area (TPSA) is 248 Å². The van der Waals surface area contributed by atoms with Crippen molar-refractivity contribution in [2.24, 2.45) is 16.7 Å². The van der Waals surface area contributed by atoms with Crippen LogP contribution in [0.2, 0.25) is 0 Å². The van der Waals surface area contributed by atoms with Crippen molar-refractivity contribution in [3.63, 3.8) is 0 Å². The van der Waals surface area contributed by atoms with Gasteiger partial charge < -0.3 is 48.5 Å². The molecule has 0 aromatic heterocycles. The smallest absolute Gasteiger partial charge is 0.420 e. The summed E-state index contributed by atoms with van der Waals surface area (Å²) in [5, 5.41) is 38.1. The molecule has 3 fully saturated rings. The van der Waals surface area contributed by atoms with Crippen molar-refractivity contribution in [3.05, 3.63) is 82.9 Å². The normalized spacial score (nSPS) is 30.5. The molecule has 3 N–H and O–H groups in total. The third-order valence-corrected chi connectivity index (χ3v) is 13.6. The number of rotatable bonds is 9. The Morgan fingerprint density at radius 3 is 1.84 bits per heavy atom. The minimum Gasteiger partial charge on any atom is -0.455 e. The van der Waals surface area contributed by atoms with Crippen molar-refractivity contribution < 1.29 is 82.0 Å². The van der Waals surface area contributed by atoms with Crippen molar-refractivity contribution in [2.45, 2.75) is 161 Å². The molecular formula is C50H63NO17. The van der Waals surface area contributed by atoms with E-state index in [1.807, 2.05) is 0 Å². The molecule has 1 aliphatic heterocycles. The summed E-state index contributed by atoms with van der Waals surface area (Å²) in [6.07, 6.45) is -13.9. The first-order valence-electron chi connectivity index (χ1n) is 22.5. The number of benzene rings is 2. The van der Waals surface area contributed by atoms with E-state index in [0.29, 0.717) is 4.90 Å². The van der Waals surface area contributed by atoms with Crippen molar-refractivity contribution in [2.75, 3.05) is 6.61 Å². The van der Waals surface area contributed by atoms with E-state index in [1.54, 1.807) is 77.9 Å². The fourth-order valence-electron chi connectivity index (χ4n) is 10.4. The minimum absolute atomic E-state index is 0.0322. The van der Waals surface area contributed by atoms with E-state index in [-0.39, 0.29) is 35.3 Å². The fourth-order valence-corrected chi connectivity index (χ4v) is 10.4. The van der Waals surface area contributed by atoms with Crippen LogP contribution in [-0.2, 0) is 52.3 Å². The molecule has 2 saturated carbocycles. The van der Waals surface area contributed by atoms with E-state index in [2.05, 4.69) is 0 Å². The Bertz CT molecular complexity index is 2320. The number of fused-ring (bicyclic) bond motifs is 5. The molecule has 11 atom stereocenters. The molecule has 3 aliphatic carbocycles. The molecule has 2 aromatic carbocycles. The molecule has 6 rings (SSSR count). The van der Waals surface area contributed by atoms with Gasteiger partial charge in [0.2, 0.25) is 6.10 Å². The summed E-state index contributed by atoms with van der Waals surface area (Å²) in [5.74, 6) is -6.77. The molecule has 18 heteroatoms. The molecule has 68 heavy (non-hydrogen) atoms. The van der Waals surface area contributed by atoms with Gasteiger partial charge in [-0.25, -0.2) is 24.1 Å². The summed E-state index contributed by atoms with van der Waals surface area (Å²) in [4.78, 5) is 99.6. The molecule has 2 amide bonds. The van der Waals surface area contributed by atoms with Gasteiger partial charge in [-0.2, -0.15) is 0 Å². The van der Waals surface area contributed by atoms with Crippen LogP contribution < -0.4 is 0 Å². The molecular weight excluding hydrogens is 887 g/mol. The highest BCUT2D eigenvalue weighted by molar-refractivity contribution is 5.94. The van der Waals surface area contributed by atoms with Crippen molar-refractivity contribution in [1.29, 1.82) is 0 Å². The number of aliphatic hydroxyl groups excluding tert-OH is 2. The van der Waals surface area contributed by atoms with Gasteiger partial charge in [-0.05, 0) is 84.2 Å². The van der Waals surface area contributed by atoms with E-state index in [4.69, 9.17) is 33.2 Å². The minimum atomic E-state index is -2.48. The van der Waals surface area contributed by atoms with Gasteiger partial charge in [0, 0.05) is 32.1 Å². The van der Waals surface area contributed by atoms with Gasteiger partial charge in [-0.3, -0.25) is 14.4 Å². The van der Waals surface area contributed by atoms with Crippen LogP contribution in [0.15, 0.2) is 71.8 Å². The van der Waals surface area contributed by atoms with Crippen molar-refractivity contribution in [1.82, 2.24) is 4.90 Å². The zero-order chi connectivity index (χ0) is 50.7. The fraction of sp³-hybridized carbons (Fsp3) is 0.580. The number of hydrogen-bond donors (Lipinski definition) is 3. The zero-order valence-corrected chi connectivity index (χ0v) is 40.5. The Balaban J connectivity index is 1.56. The zero-order valence-electron chi connectivity index (χ0n) is 40.5. The number of carbonyl (C=O) groups is 7. The monoisotopic (exact) mass is 949 g/mol. The molecule has 1 unspecified atom stereocenters. The first-order valence-corrected chi connectivity index (χ1v) is 22.5. The van der Waals surface area contributed by atoms with Gasteiger partial charge in [0.1, 0.15) is 47.3 Å². The Labute approximate surface area is 395 Å². The number of esters is 4. The van der Waals surface area contributed by atoms with Crippen LogP contribution in [0.5, 0.6) is 0 Å².